The van der Waals surface area contributed by atoms with Gasteiger partial charge in [-0.3, -0.25) is 9.69 Å². The highest BCUT2D eigenvalue weighted by atomic mass is 28.3. The molecule has 0 bridgehead atoms. The van der Waals surface area contributed by atoms with Gasteiger partial charge in [-0.15, -0.1) is 0 Å². The monoisotopic (exact) mass is 645 g/mol. The van der Waals surface area contributed by atoms with Crippen molar-refractivity contribution >= 4 is 31.3 Å². The van der Waals surface area contributed by atoms with Gasteiger partial charge in [-0.2, -0.15) is 5.26 Å². The van der Waals surface area contributed by atoms with Crippen LogP contribution in [0, 0.1) is 16.7 Å². The Morgan fingerprint density at radius 1 is 1.20 bits per heavy atom. The summed E-state index contributed by atoms with van der Waals surface area (Å²) in [5, 5.41) is 12.6. The summed E-state index contributed by atoms with van der Waals surface area (Å²) in [6.07, 6.45) is 10.6. The number of benzene rings is 1. The first kappa shape index (κ1) is 35.2. The van der Waals surface area contributed by atoms with Gasteiger partial charge in [-0.05, 0) is 80.7 Å². The number of hydrogen-bond acceptors (Lipinski definition) is 6. The Morgan fingerprint density at radius 2 is 1.96 bits per heavy atom. The first-order valence-corrected chi connectivity index (χ1v) is 20.2. The Morgan fingerprint density at radius 3 is 2.59 bits per heavy atom. The van der Waals surface area contributed by atoms with Crippen molar-refractivity contribution < 1.29 is 19.1 Å². The highest BCUT2D eigenvalue weighted by Gasteiger charge is 2.32. The lowest BCUT2D eigenvalue weighted by Crippen LogP contribution is -2.41. The molecule has 10 heteroatoms. The molecule has 2 aliphatic rings. The van der Waals surface area contributed by atoms with Crippen LogP contribution in [0.25, 0.3) is 5.57 Å². The van der Waals surface area contributed by atoms with Crippen molar-refractivity contribution in [3.8, 4) is 6.07 Å². The third kappa shape index (κ3) is 9.43. The maximum absolute atomic E-state index is 13.6. The maximum atomic E-state index is 13.6. The molecule has 2 atom stereocenters. The summed E-state index contributed by atoms with van der Waals surface area (Å²) >= 11 is 0. The molecule has 0 radical (unpaired) electrons. The molecule has 4 rings (SSSR count). The summed E-state index contributed by atoms with van der Waals surface area (Å²) in [4.78, 5) is 32.7. The Labute approximate surface area is 275 Å². The fraction of sp³-hybridized carbons (Fsp3) is 0.556. The summed E-state index contributed by atoms with van der Waals surface area (Å²) in [5.41, 5.74) is 5.02. The van der Waals surface area contributed by atoms with Crippen LogP contribution in [-0.2, 0) is 16.2 Å². The van der Waals surface area contributed by atoms with E-state index < -0.39 is 8.07 Å². The lowest BCUT2D eigenvalue weighted by Gasteiger charge is -2.36. The van der Waals surface area contributed by atoms with Crippen LogP contribution in [0.1, 0.15) is 100 Å². The van der Waals surface area contributed by atoms with E-state index in [9.17, 15) is 14.9 Å². The number of nitrogens with zero attached hydrogens (tertiary/aromatic N) is 4. The third-order valence-electron chi connectivity index (χ3n) is 8.36. The van der Waals surface area contributed by atoms with Gasteiger partial charge in [-0.25, -0.2) is 9.78 Å². The van der Waals surface area contributed by atoms with E-state index >= 15 is 0 Å². The lowest BCUT2D eigenvalue weighted by atomic mass is 9.85. The molecule has 1 aliphatic carbocycles. The van der Waals surface area contributed by atoms with Crippen LogP contribution in [0.3, 0.4) is 0 Å². The number of anilines is 1. The second-order valence-electron chi connectivity index (χ2n) is 15.1. The molecule has 1 aliphatic heterocycles. The fourth-order valence-corrected chi connectivity index (χ4v) is 6.64. The van der Waals surface area contributed by atoms with Crippen LogP contribution in [0.4, 0.5) is 10.5 Å². The standard InChI is InChI=1S/C36H51N5O4Si/c1-25-18-29(19-26(2)41(25)35(43)45-23-36(3,4)5)28-14-15-32(31(20-28)27-12-10-9-11-13-27)39-34(42)33-38-30(21-37)22-40(33)24-44-16-17-46(6,7)8/h12,14-15,18,20,22,26,29H,9-11,13,16-17,19,23-24H2,1-8H3,(H,39,42)/t26-,29?/m0/s1. The maximum Gasteiger partial charge on any atom is 0.414 e. The topological polar surface area (TPSA) is 109 Å². The van der Waals surface area contributed by atoms with E-state index in [2.05, 4.69) is 67.2 Å². The van der Waals surface area contributed by atoms with Gasteiger partial charge >= 0.3 is 6.09 Å². The van der Waals surface area contributed by atoms with Crippen LogP contribution in [0.2, 0.25) is 25.7 Å². The molecule has 2 aromatic rings. The van der Waals surface area contributed by atoms with Crippen molar-refractivity contribution in [3.63, 3.8) is 0 Å². The highest BCUT2D eigenvalue weighted by molar-refractivity contribution is 6.76. The van der Waals surface area contributed by atoms with Crippen LogP contribution in [0.5, 0.6) is 0 Å². The van der Waals surface area contributed by atoms with Crippen LogP contribution in [0.15, 0.2) is 42.2 Å². The number of nitriles is 1. The lowest BCUT2D eigenvalue weighted by molar-refractivity contribution is 0.0689. The molecular formula is C36H51N5O4Si. The predicted molar refractivity (Wildman–Crippen MR) is 185 cm³/mol. The molecule has 0 spiro atoms. The second kappa shape index (κ2) is 14.8. The Hall–Kier alpha value is -3.68. The highest BCUT2D eigenvalue weighted by Crippen LogP contribution is 2.38. The van der Waals surface area contributed by atoms with Crippen molar-refractivity contribution in [2.75, 3.05) is 18.5 Å². The molecule has 1 N–H and O–H groups in total. The van der Waals surface area contributed by atoms with Gasteiger partial charge < -0.3 is 19.4 Å². The molecule has 0 saturated heterocycles. The molecule has 0 fully saturated rings. The number of ether oxygens (including phenoxy) is 2. The molecule has 46 heavy (non-hydrogen) atoms. The van der Waals surface area contributed by atoms with E-state index in [0.29, 0.717) is 18.9 Å². The summed E-state index contributed by atoms with van der Waals surface area (Å²) in [6.45, 7) is 18.2. The third-order valence-corrected chi connectivity index (χ3v) is 10.1. The van der Waals surface area contributed by atoms with Crippen molar-refractivity contribution in [2.24, 2.45) is 5.41 Å². The number of hydrogen-bond donors (Lipinski definition) is 1. The molecular weight excluding hydrogens is 595 g/mol. The van der Waals surface area contributed by atoms with E-state index in [1.54, 1.807) is 15.7 Å². The van der Waals surface area contributed by atoms with Crippen molar-refractivity contribution in [1.29, 1.82) is 5.26 Å². The number of amides is 2. The first-order valence-electron chi connectivity index (χ1n) is 16.5. The van der Waals surface area contributed by atoms with E-state index in [1.807, 2.05) is 33.8 Å². The molecule has 1 unspecified atom stereocenters. The first-order chi connectivity index (χ1) is 21.6. The van der Waals surface area contributed by atoms with Gasteiger partial charge in [-0.1, -0.05) is 58.6 Å². The summed E-state index contributed by atoms with van der Waals surface area (Å²) in [7, 11) is -1.26. The molecule has 0 saturated carbocycles. The van der Waals surface area contributed by atoms with Gasteiger partial charge in [0.15, 0.2) is 5.69 Å². The van der Waals surface area contributed by atoms with E-state index in [0.717, 1.165) is 55.0 Å². The molecule has 1 aromatic carbocycles. The number of nitrogens with one attached hydrogen (secondary N) is 1. The minimum Gasteiger partial charge on any atom is -0.449 e. The van der Waals surface area contributed by atoms with Crippen LogP contribution in [-0.4, -0.2) is 53.8 Å². The van der Waals surface area contributed by atoms with E-state index in [4.69, 9.17) is 9.47 Å². The summed E-state index contributed by atoms with van der Waals surface area (Å²) < 4.78 is 13.1. The SMILES string of the molecule is CC1=CC(c2ccc(NC(=O)c3nc(C#N)cn3COCC[Si](C)(C)C)c(C3=CCCCC3)c2)C[C@H](C)N1C(=O)OCC(C)(C)C. The molecule has 2 heterocycles. The Bertz CT molecular complexity index is 1520. The van der Waals surface area contributed by atoms with Gasteiger partial charge in [0.05, 0.1) is 6.61 Å². The largest absolute Gasteiger partial charge is 0.449 e. The number of rotatable bonds is 10. The molecule has 1 aromatic heterocycles. The van der Waals surface area contributed by atoms with E-state index in [1.165, 1.54) is 5.57 Å². The quantitative estimate of drug-likeness (QED) is 0.205. The van der Waals surface area contributed by atoms with Crippen molar-refractivity contribution in [3.05, 3.63) is 64.9 Å². The number of aromatic nitrogens is 2. The average Bonchev–Trinajstić information content (AvgIpc) is 3.41. The average molecular weight is 646 g/mol. The number of carbonyl (C=O) groups excluding carboxylic acids is 2. The smallest absolute Gasteiger partial charge is 0.414 e. The number of allylic oxidation sites excluding steroid dienone is 4. The van der Waals surface area contributed by atoms with Gasteiger partial charge in [0.25, 0.3) is 5.91 Å². The number of carbonyl (C=O) groups is 2. The summed E-state index contributed by atoms with van der Waals surface area (Å²) in [6, 6.07) is 9.25. The fourth-order valence-electron chi connectivity index (χ4n) is 5.88. The van der Waals surface area contributed by atoms with Crippen molar-refractivity contribution in [1.82, 2.24) is 14.5 Å². The van der Waals surface area contributed by atoms with Crippen molar-refractivity contribution in [2.45, 2.75) is 111 Å². The van der Waals surface area contributed by atoms with Crippen LogP contribution >= 0.6 is 0 Å². The number of imidazole rings is 1. The van der Waals surface area contributed by atoms with Gasteiger partial charge in [0.2, 0.25) is 5.82 Å². The molecule has 9 nitrogen and oxygen atoms in total. The van der Waals surface area contributed by atoms with Crippen LogP contribution < -0.4 is 5.32 Å². The zero-order chi connectivity index (χ0) is 33.6. The molecule has 2 amide bonds. The minimum atomic E-state index is -1.26. The zero-order valence-corrected chi connectivity index (χ0v) is 29.9. The van der Waals surface area contributed by atoms with Gasteiger partial charge in [0.1, 0.15) is 12.8 Å². The Kier molecular flexibility index (Phi) is 11.3. The Balaban J connectivity index is 1.58. The normalized spacial score (nSPS) is 18.8. The zero-order valence-electron chi connectivity index (χ0n) is 28.9. The summed E-state index contributed by atoms with van der Waals surface area (Å²) in [5.74, 6) is -0.123. The van der Waals surface area contributed by atoms with Gasteiger partial charge in [0, 0.05) is 49.8 Å². The van der Waals surface area contributed by atoms with E-state index in [-0.39, 0.29) is 47.6 Å². The minimum absolute atomic E-state index is 0.0275. The predicted octanol–water partition coefficient (Wildman–Crippen LogP) is 8.54. The molecule has 248 valence electrons. The second-order valence-corrected chi connectivity index (χ2v) is 20.7.